The van der Waals surface area contributed by atoms with E-state index in [2.05, 4.69) is 21.4 Å². The third-order valence-corrected chi connectivity index (χ3v) is 2.69. The first-order chi connectivity index (χ1) is 9.31. The monoisotopic (exact) mass is 259 g/mol. The van der Waals surface area contributed by atoms with Gasteiger partial charge in [-0.2, -0.15) is 0 Å². The SMILES string of the molecule is COc1cnc(NCCc2cccc(OC)c2)nc1. The highest BCUT2D eigenvalue weighted by Crippen LogP contribution is 2.13. The van der Waals surface area contributed by atoms with Gasteiger partial charge >= 0.3 is 0 Å². The maximum absolute atomic E-state index is 5.19. The Kier molecular flexibility index (Phi) is 4.55. The molecule has 0 spiro atoms. The van der Waals surface area contributed by atoms with Crippen molar-refractivity contribution in [3.8, 4) is 11.5 Å². The molecule has 100 valence electrons. The minimum atomic E-state index is 0.601. The number of nitrogens with zero attached hydrogens (tertiary/aromatic N) is 2. The van der Waals surface area contributed by atoms with Crippen molar-refractivity contribution in [3.63, 3.8) is 0 Å². The Morgan fingerprint density at radius 1 is 1.05 bits per heavy atom. The van der Waals surface area contributed by atoms with Crippen LogP contribution in [0.5, 0.6) is 11.5 Å². The van der Waals surface area contributed by atoms with Crippen molar-refractivity contribution in [1.82, 2.24) is 9.97 Å². The summed E-state index contributed by atoms with van der Waals surface area (Å²) in [7, 11) is 3.26. The average molecular weight is 259 g/mol. The van der Waals surface area contributed by atoms with Crippen LogP contribution in [0.1, 0.15) is 5.56 Å². The molecule has 0 radical (unpaired) electrons. The van der Waals surface area contributed by atoms with E-state index in [0.717, 1.165) is 18.7 Å². The number of hydrogen-bond donors (Lipinski definition) is 1. The lowest BCUT2D eigenvalue weighted by Crippen LogP contribution is -2.07. The predicted molar refractivity (Wildman–Crippen MR) is 73.8 cm³/mol. The highest BCUT2D eigenvalue weighted by molar-refractivity contribution is 5.30. The molecule has 1 N–H and O–H groups in total. The fourth-order valence-electron chi connectivity index (χ4n) is 1.66. The van der Waals surface area contributed by atoms with Gasteiger partial charge in [-0.1, -0.05) is 12.1 Å². The second-order valence-electron chi connectivity index (χ2n) is 3.97. The topological polar surface area (TPSA) is 56.3 Å². The minimum Gasteiger partial charge on any atom is -0.497 e. The zero-order valence-electron chi connectivity index (χ0n) is 11.1. The molecular weight excluding hydrogens is 242 g/mol. The zero-order chi connectivity index (χ0) is 13.5. The van der Waals surface area contributed by atoms with Gasteiger partial charge in [-0.25, -0.2) is 9.97 Å². The third-order valence-electron chi connectivity index (χ3n) is 2.69. The number of anilines is 1. The van der Waals surface area contributed by atoms with Gasteiger partial charge in [0.2, 0.25) is 5.95 Å². The minimum absolute atomic E-state index is 0.601. The molecule has 0 fully saturated rings. The molecule has 0 aliphatic rings. The largest absolute Gasteiger partial charge is 0.497 e. The summed E-state index contributed by atoms with van der Waals surface area (Å²) in [4.78, 5) is 8.29. The Balaban J connectivity index is 1.85. The predicted octanol–water partition coefficient (Wildman–Crippen LogP) is 2.15. The highest BCUT2D eigenvalue weighted by atomic mass is 16.5. The molecule has 5 nitrogen and oxygen atoms in total. The lowest BCUT2D eigenvalue weighted by atomic mass is 10.1. The molecule has 5 heteroatoms. The normalized spacial score (nSPS) is 10.0. The summed E-state index contributed by atoms with van der Waals surface area (Å²) >= 11 is 0. The second-order valence-corrected chi connectivity index (χ2v) is 3.97. The first-order valence-electron chi connectivity index (χ1n) is 6.04. The van der Waals surface area contributed by atoms with Crippen LogP contribution < -0.4 is 14.8 Å². The van der Waals surface area contributed by atoms with E-state index in [9.17, 15) is 0 Å². The number of ether oxygens (including phenoxy) is 2. The van der Waals surface area contributed by atoms with E-state index in [0.29, 0.717) is 11.7 Å². The van der Waals surface area contributed by atoms with Crippen LogP contribution in [0.4, 0.5) is 5.95 Å². The van der Waals surface area contributed by atoms with E-state index in [1.165, 1.54) is 5.56 Å². The van der Waals surface area contributed by atoms with Gasteiger partial charge in [-0.3, -0.25) is 0 Å². The number of nitrogens with one attached hydrogen (secondary N) is 1. The summed E-state index contributed by atoms with van der Waals surface area (Å²) in [6.45, 7) is 0.763. The number of benzene rings is 1. The van der Waals surface area contributed by atoms with Crippen LogP contribution in [0.25, 0.3) is 0 Å². The van der Waals surface area contributed by atoms with Crippen LogP contribution in [-0.2, 0) is 6.42 Å². The van der Waals surface area contributed by atoms with Crippen LogP contribution in [0.3, 0.4) is 0 Å². The van der Waals surface area contributed by atoms with Gasteiger partial charge in [0.1, 0.15) is 5.75 Å². The lowest BCUT2D eigenvalue weighted by molar-refractivity contribution is 0.411. The van der Waals surface area contributed by atoms with E-state index in [1.54, 1.807) is 26.6 Å². The standard InChI is InChI=1S/C14H17N3O2/c1-18-12-5-3-4-11(8-12)6-7-15-14-16-9-13(19-2)10-17-14/h3-5,8-10H,6-7H2,1-2H3,(H,15,16,17). The van der Waals surface area contributed by atoms with Gasteiger partial charge in [-0.05, 0) is 24.1 Å². The van der Waals surface area contributed by atoms with Crippen LogP contribution >= 0.6 is 0 Å². The second kappa shape index (κ2) is 6.58. The molecule has 0 bridgehead atoms. The molecule has 1 aromatic heterocycles. The molecule has 2 rings (SSSR count). The van der Waals surface area contributed by atoms with Crippen molar-refractivity contribution in [2.24, 2.45) is 0 Å². The number of hydrogen-bond acceptors (Lipinski definition) is 5. The lowest BCUT2D eigenvalue weighted by Gasteiger charge is -2.06. The van der Waals surface area contributed by atoms with Crippen LogP contribution in [0.2, 0.25) is 0 Å². The Bertz CT molecular complexity index is 514. The summed E-state index contributed by atoms with van der Waals surface area (Å²) in [5, 5.41) is 3.16. The highest BCUT2D eigenvalue weighted by Gasteiger charge is 1.99. The van der Waals surface area contributed by atoms with Crippen molar-refractivity contribution < 1.29 is 9.47 Å². The summed E-state index contributed by atoms with van der Waals surface area (Å²) in [6, 6.07) is 8.01. The van der Waals surface area contributed by atoms with Crippen molar-refractivity contribution in [1.29, 1.82) is 0 Å². The van der Waals surface area contributed by atoms with Crippen LogP contribution in [-0.4, -0.2) is 30.7 Å². The maximum Gasteiger partial charge on any atom is 0.222 e. The van der Waals surface area contributed by atoms with Gasteiger partial charge in [-0.15, -0.1) is 0 Å². The summed E-state index contributed by atoms with van der Waals surface area (Å²) in [5.74, 6) is 2.13. The Hall–Kier alpha value is -2.30. The average Bonchev–Trinajstić information content (AvgIpc) is 2.48. The molecule has 0 atom stereocenters. The number of aromatic nitrogens is 2. The van der Waals surface area contributed by atoms with Crippen LogP contribution in [0.15, 0.2) is 36.7 Å². The summed E-state index contributed by atoms with van der Waals surface area (Å²) < 4.78 is 10.2. The summed E-state index contributed by atoms with van der Waals surface area (Å²) in [6.07, 6.45) is 4.16. The molecule has 19 heavy (non-hydrogen) atoms. The van der Waals surface area contributed by atoms with E-state index >= 15 is 0 Å². The molecule has 0 aliphatic carbocycles. The smallest absolute Gasteiger partial charge is 0.222 e. The molecule has 0 saturated carbocycles. The van der Waals surface area contributed by atoms with Gasteiger partial charge in [0.25, 0.3) is 0 Å². The van der Waals surface area contributed by atoms with Gasteiger partial charge in [0, 0.05) is 6.54 Å². The fourth-order valence-corrected chi connectivity index (χ4v) is 1.66. The van der Waals surface area contributed by atoms with Gasteiger partial charge < -0.3 is 14.8 Å². The van der Waals surface area contributed by atoms with Crippen molar-refractivity contribution in [2.75, 3.05) is 26.1 Å². The molecule has 1 heterocycles. The van der Waals surface area contributed by atoms with E-state index in [-0.39, 0.29) is 0 Å². The van der Waals surface area contributed by atoms with E-state index in [4.69, 9.17) is 9.47 Å². The maximum atomic E-state index is 5.19. The molecule has 2 aromatic rings. The van der Waals surface area contributed by atoms with Crippen molar-refractivity contribution in [3.05, 3.63) is 42.2 Å². The molecule has 0 saturated heterocycles. The van der Waals surface area contributed by atoms with Gasteiger partial charge in [0.05, 0.1) is 26.6 Å². The quantitative estimate of drug-likeness (QED) is 0.861. The third kappa shape index (κ3) is 3.84. The molecule has 1 aromatic carbocycles. The Morgan fingerprint density at radius 2 is 1.79 bits per heavy atom. The van der Waals surface area contributed by atoms with E-state index < -0.39 is 0 Å². The zero-order valence-corrected chi connectivity index (χ0v) is 11.1. The van der Waals surface area contributed by atoms with E-state index in [1.807, 2.05) is 18.2 Å². The molecule has 0 aliphatic heterocycles. The van der Waals surface area contributed by atoms with Crippen molar-refractivity contribution >= 4 is 5.95 Å². The van der Waals surface area contributed by atoms with Crippen molar-refractivity contribution in [2.45, 2.75) is 6.42 Å². The summed E-state index contributed by atoms with van der Waals surface area (Å²) in [5.41, 5.74) is 1.21. The van der Waals surface area contributed by atoms with Crippen LogP contribution in [0, 0.1) is 0 Å². The first kappa shape index (κ1) is 13.1. The Labute approximate surface area is 112 Å². The molecule has 0 amide bonds. The fraction of sp³-hybridized carbons (Fsp3) is 0.286. The Morgan fingerprint density at radius 3 is 2.47 bits per heavy atom. The molecule has 0 unspecified atom stereocenters. The van der Waals surface area contributed by atoms with Gasteiger partial charge in [0.15, 0.2) is 5.75 Å². The number of rotatable bonds is 6. The molecular formula is C14H17N3O2. The first-order valence-corrected chi connectivity index (χ1v) is 6.04. The number of methoxy groups -OCH3 is 2.